The van der Waals surface area contributed by atoms with E-state index in [1.807, 2.05) is 6.07 Å². The summed E-state index contributed by atoms with van der Waals surface area (Å²) in [5.41, 5.74) is 7.79. The molecule has 16 heavy (non-hydrogen) atoms. The molecule has 2 rings (SSSR count). The van der Waals surface area contributed by atoms with Crippen LogP contribution in [-0.4, -0.2) is 28.5 Å². The smallest absolute Gasteiger partial charge is 0.239 e. The van der Waals surface area contributed by atoms with Gasteiger partial charge in [0.1, 0.15) is 5.75 Å². The largest absolute Gasteiger partial charge is 0.508 e. The molecule has 1 aliphatic rings. The van der Waals surface area contributed by atoms with Crippen LogP contribution < -0.4 is 5.73 Å². The van der Waals surface area contributed by atoms with E-state index in [-0.39, 0.29) is 11.7 Å². The van der Waals surface area contributed by atoms with E-state index in [0.29, 0.717) is 13.1 Å². The molecule has 86 valence electrons. The van der Waals surface area contributed by atoms with Crippen LogP contribution in [0.25, 0.3) is 0 Å². The summed E-state index contributed by atoms with van der Waals surface area (Å²) in [4.78, 5) is 13.5. The molecular formula is C12H16N2O2. The number of nitrogens with two attached hydrogens (primary N) is 1. The molecule has 1 aromatic rings. The number of aromatic hydroxyl groups is 1. The zero-order valence-electron chi connectivity index (χ0n) is 9.31. The second-order valence-electron chi connectivity index (χ2n) is 4.25. The molecule has 0 unspecified atom stereocenters. The van der Waals surface area contributed by atoms with Gasteiger partial charge in [-0.15, -0.1) is 0 Å². The Balaban J connectivity index is 2.20. The Morgan fingerprint density at radius 1 is 1.50 bits per heavy atom. The Kier molecular flexibility index (Phi) is 2.83. The van der Waals surface area contributed by atoms with Gasteiger partial charge in [0.2, 0.25) is 5.91 Å². The van der Waals surface area contributed by atoms with Gasteiger partial charge in [0.05, 0.1) is 6.04 Å². The van der Waals surface area contributed by atoms with Crippen LogP contribution in [-0.2, 0) is 17.8 Å². The molecule has 0 saturated heterocycles. The lowest BCUT2D eigenvalue weighted by Crippen LogP contribution is -2.44. The number of hydrogen-bond donors (Lipinski definition) is 2. The van der Waals surface area contributed by atoms with E-state index >= 15 is 0 Å². The maximum atomic E-state index is 11.7. The van der Waals surface area contributed by atoms with Crippen molar-refractivity contribution in [2.24, 2.45) is 5.73 Å². The first-order valence-electron chi connectivity index (χ1n) is 5.43. The number of fused-ring (bicyclic) bond motifs is 1. The Hall–Kier alpha value is -1.55. The molecule has 4 heteroatoms. The van der Waals surface area contributed by atoms with Crippen LogP contribution in [0.15, 0.2) is 18.2 Å². The second kappa shape index (κ2) is 4.14. The summed E-state index contributed by atoms with van der Waals surface area (Å²) < 4.78 is 0. The van der Waals surface area contributed by atoms with Crippen LogP contribution in [0.5, 0.6) is 5.75 Å². The molecule has 0 spiro atoms. The molecule has 3 N–H and O–H groups in total. The van der Waals surface area contributed by atoms with E-state index in [0.717, 1.165) is 12.0 Å². The molecule has 1 amide bonds. The summed E-state index contributed by atoms with van der Waals surface area (Å²) in [6.07, 6.45) is 0.827. The number of nitrogens with zero attached hydrogens (tertiary/aromatic N) is 1. The zero-order chi connectivity index (χ0) is 11.7. The minimum atomic E-state index is -0.459. The van der Waals surface area contributed by atoms with Crippen molar-refractivity contribution in [3.8, 4) is 5.75 Å². The monoisotopic (exact) mass is 220 g/mol. The first-order valence-corrected chi connectivity index (χ1v) is 5.43. The third kappa shape index (κ3) is 2.02. The number of benzene rings is 1. The van der Waals surface area contributed by atoms with Crippen molar-refractivity contribution in [2.75, 3.05) is 6.54 Å². The molecule has 1 aromatic carbocycles. The fourth-order valence-electron chi connectivity index (χ4n) is 2.02. The van der Waals surface area contributed by atoms with Crippen molar-refractivity contribution in [2.45, 2.75) is 25.9 Å². The van der Waals surface area contributed by atoms with Crippen molar-refractivity contribution in [1.29, 1.82) is 0 Å². The van der Waals surface area contributed by atoms with E-state index in [9.17, 15) is 9.90 Å². The normalized spacial score (nSPS) is 16.8. The molecule has 0 radical (unpaired) electrons. The van der Waals surface area contributed by atoms with Crippen molar-refractivity contribution in [3.63, 3.8) is 0 Å². The molecule has 1 heterocycles. The highest BCUT2D eigenvalue weighted by atomic mass is 16.3. The van der Waals surface area contributed by atoms with Gasteiger partial charge in [-0.05, 0) is 36.6 Å². The Bertz CT molecular complexity index is 415. The van der Waals surface area contributed by atoms with Crippen LogP contribution in [0.2, 0.25) is 0 Å². The number of amides is 1. The minimum absolute atomic E-state index is 0.0333. The van der Waals surface area contributed by atoms with Crippen molar-refractivity contribution >= 4 is 5.91 Å². The molecule has 1 atom stereocenters. The molecule has 4 nitrogen and oxygen atoms in total. The van der Waals surface area contributed by atoms with Gasteiger partial charge in [0.25, 0.3) is 0 Å². The SMILES string of the molecule is C[C@H](N)C(=O)N1CCc2ccc(O)cc2C1. The lowest BCUT2D eigenvalue weighted by atomic mass is 9.99. The first-order chi connectivity index (χ1) is 7.58. The molecule has 1 aliphatic heterocycles. The number of rotatable bonds is 1. The summed E-state index contributed by atoms with van der Waals surface area (Å²) in [7, 11) is 0. The van der Waals surface area contributed by atoms with Gasteiger partial charge in [-0.3, -0.25) is 4.79 Å². The van der Waals surface area contributed by atoms with E-state index in [1.165, 1.54) is 5.56 Å². The average molecular weight is 220 g/mol. The predicted octanol–water partition coefficient (Wildman–Crippen LogP) is 0.624. The summed E-state index contributed by atoms with van der Waals surface area (Å²) in [5.74, 6) is 0.211. The fourth-order valence-corrected chi connectivity index (χ4v) is 2.02. The van der Waals surface area contributed by atoms with Crippen LogP contribution in [0.1, 0.15) is 18.1 Å². The maximum absolute atomic E-state index is 11.7. The van der Waals surface area contributed by atoms with E-state index in [2.05, 4.69) is 0 Å². The van der Waals surface area contributed by atoms with Crippen LogP contribution in [0, 0.1) is 0 Å². The zero-order valence-corrected chi connectivity index (χ0v) is 9.31. The standard InChI is InChI=1S/C12H16N2O2/c1-8(13)12(16)14-5-4-9-2-3-11(15)6-10(9)7-14/h2-3,6,8,15H,4-5,7,13H2,1H3/t8-/m0/s1. The van der Waals surface area contributed by atoms with Crippen LogP contribution in [0.4, 0.5) is 0 Å². The Morgan fingerprint density at radius 2 is 2.25 bits per heavy atom. The van der Waals surface area contributed by atoms with E-state index in [4.69, 9.17) is 5.73 Å². The van der Waals surface area contributed by atoms with Gasteiger partial charge < -0.3 is 15.7 Å². The molecule has 0 aromatic heterocycles. The number of hydrogen-bond acceptors (Lipinski definition) is 3. The van der Waals surface area contributed by atoms with Crippen molar-refractivity contribution < 1.29 is 9.90 Å². The molecule has 0 fully saturated rings. The Morgan fingerprint density at radius 3 is 2.94 bits per heavy atom. The highest BCUT2D eigenvalue weighted by molar-refractivity contribution is 5.81. The summed E-state index contributed by atoms with van der Waals surface area (Å²) >= 11 is 0. The second-order valence-corrected chi connectivity index (χ2v) is 4.25. The average Bonchev–Trinajstić information content (AvgIpc) is 2.26. The Labute approximate surface area is 94.7 Å². The van der Waals surface area contributed by atoms with Crippen molar-refractivity contribution in [3.05, 3.63) is 29.3 Å². The summed E-state index contributed by atoms with van der Waals surface area (Å²) in [6.45, 7) is 2.95. The fraction of sp³-hybridized carbons (Fsp3) is 0.417. The number of phenols is 1. The minimum Gasteiger partial charge on any atom is -0.508 e. The van der Waals surface area contributed by atoms with Gasteiger partial charge >= 0.3 is 0 Å². The molecule has 0 aliphatic carbocycles. The quantitative estimate of drug-likeness (QED) is 0.729. The van der Waals surface area contributed by atoms with Crippen molar-refractivity contribution in [1.82, 2.24) is 4.90 Å². The third-order valence-corrected chi connectivity index (χ3v) is 2.90. The summed E-state index contributed by atoms with van der Waals surface area (Å²) in [6, 6.07) is 4.86. The first kappa shape index (κ1) is 11.0. The maximum Gasteiger partial charge on any atom is 0.239 e. The van der Waals surface area contributed by atoms with Gasteiger partial charge in [0.15, 0.2) is 0 Å². The van der Waals surface area contributed by atoms with Gasteiger partial charge in [-0.2, -0.15) is 0 Å². The number of phenolic OH excluding ortho intramolecular Hbond substituents is 1. The predicted molar refractivity (Wildman–Crippen MR) is 60.9 cm³/mol. The third-order valence-electron chi connectivity index (χ3n) is 2.90. The summed E-state index contributed by atoms with van der Waals surface area (Å²) in [5, 5.41) is 9.39. The van der Waals surface area contributed by atoms with Gasteiger partial charge in [0, 0.05) is 13.1 Å². The van der Waals surface area contributed by atoms with E-state index in [1.54, 1.807) is 24.0 Å². The molecular weight excluding hydrogens is 204 g/mol. The highest BCUT2D eigenvalue weighted by Crippen LogP contribution is 2.23. The molecule has 0 bridgehead atoms. The number of carbonyl (C=O) groups is 1. The lowest BCUT2D eigenvalue weighted by Gasteiger charge is -2.30. The van der Waals surface area contributed by atoms with E-state index < -0.39 is 6.04 Å². The topological polar surface area (TPSA) is 66.6 Å². The van der Waals surface area contributed by atoms with Crippen LogP contribution >= 0.6 is 0 Å². The highest BCUT2D eigenvalue weighted by Gasteiger charge is 2.22. The molecule has 0 saturated carbocycles. The van der Waals surface area contributed by atoms with Crippen LogP contribution in [0.3, 0.4) is 0 Å². The lowest BCUT2D eigenvalue weighted by molar-refractivity contribution is -0.133. The van der Waals surface area contributed by atoms with Gasteiger partial charge in [-0.1, -0.05) is 6.07 Å². The number of carbonyl (C=O) groups excluding carboxylic acids is 1. The van der Waals surface area contributed by atoms with Gasteiger partial charge in [-0.25, -0.2) is 0 Å².